The first-order valence-electron chi connectivity index (χ1n) is 17.7. The predicted molar refractivity (Wildman–Crippen MR) is 198 cm³/mol. The van der Waals surface area contributed by atoms with Crippen LogP contribution < -0.4 is 20.7 Å². The fourth-order valence-corrected chi connectivity index (χ4v) is 7.48. The standard InChI is InChI=1S/C42H46N4O4/c1-3-12-34(39(43)47)36(26-28-13-7-8-14-28)41(48)45-40-42(49)46(27-29-15-11-18-32(25-29)30-21-23-33(50-2)24-22-30)37-20-10-9-19-35(37)38(44-40)31-16-5-4-6-17-31/h4-6,9-11,15-25,28,34,36,40H,3,7-8,12-14,26-27H2,1-2H3,(H2,43,47)(H,45,48). The smallest absolute Gasteiger partial charge is 0.272 e. The van der Waals surface area contributed by atoms with Crippen LogP contribution >= 0.6 is 0 Å². The van der Waals surface area contributed by atoms with Gasteiger partial charge in [0.05, 0.1) is 25.1 Å². The summed E-state index contributed by atoms with van der Waals surface area (Å²) in [7, 11) is 1.64. The number of anilines is 1. The number of benzodiazepines with no additional fused rings is 1. The molecule has 1 saturated carbocycles. The van der Waals surface area contributed by atoms with Gasteiger partial charge in [-0.1, -0.05) is 118 Å². The maximum Gasteiger partial charge on any atom is 0.272 e. The summed E-state index contributed by atoms with van der Waals surface area (Å²) in [6.45, 7) is 2.25. The van der Waals surface area contributed by atoms with E-state index in [1.807, 2.05) is 104 Å². The van der Waals surface area contributed by atoms with Gasteiger partial charge in [-0.15, -0.1) is 0 Å². The molecular weight excluding hydrogens is 624 g/mol. The summed E-state index contributed by atoms with van der Waals surface area (Å²) in [4.78, 5) is 48.6. The largest absolute Gasteiger partial charge is 0.497 e. The van der Waals surface area contributed by atoms with Crippen molar-refractivity contribution in [3.63, 3.8) is 0 Å². The third kappa shape index (κ3) is 7.80. The highest BCUT2D eigenvalue weighted by Gasteiger charge is 2.38. The molecule has 8 heteroatoms. The number of nitrogens with one attached hydrogen (secondary N) is 1. The fraction of sp³-hybridized carbons (Fsp3) is 0.333. The molecule has 6 rings (SSSR count). The maximum atomic E-state index is 14.7. The highest BCUT2D eigenvalue weighted by Crippen LogP contribution is 2.35. The molecule has 1 heterocycles. The zero-order valence-electron chi connectivity index (χ0n) is 28.9. The molecule has 0 bridgehead atoms. The number of rotatable bonds is 13. The molecule has 4 aromatic carbocycles. The second kappa shape index (κ2) is 16.0. The van der Waals surface area contributed by atoms with E-state index < -0.39 is 23.9 Å². The van der Waals surface area contributed by atoms with Gasteiger partial charge in [0.25, 0.3) is 5.91 Å². The van der Waals surface area contributed by atoms with Crippen molar-refractivity contribution in [3.8, 4) is 16.9 Å². The first kappa shape index (κ1) is 34.6. The van der Waals surface area contributed by atoms with Crippen molar-refractivity contribution in [3.05, 3.63) is 120 Å². The molecule has 3 unspecified atom stereocenters. The van der Waals surface area contributed by atoms with Gasteiger partial charge in [-0.2, -0.15) is 0 Å². The average molecular weight is 671 g/mol. The zero-order chi connectivity index (χ0) is 35.0. The number of nitrogens with zero attached hydrogens (tertiary/aromatic N) is 2. The topological polar surface area (TPSA) is 114 Å². The number of ether oxygens (including phenoxy) is 1. The lowest BCUT2D eigenvalue weighted by atomic mass is 9.80. The quantitative estimate of drug-likeness (QED) is 0.156. The minimum Gasteiger partial charge on any atom is -0.497 e. The van der Waals surface area contributed by atoms with E-state index in [0.29, 0.717) is 30.2 Å². The Kier molecular flexibility index (Phi) is 11.1. The zero-order valence-corrected chi connectivity index (χ0v) is 28.9. The maximum absolute atomic E-state index is 14.7. The van der Waals surface area contributed by atoms with Crippen molar-refractivity contribution in [1.29, 1.82) is 0 Å². The van der Waals surface area contributed by atoms with Gasteiger partial charge in [-0.25, -0.2) is 4.99 Å². The summed E-state index contributed by atoms with van der Waals surface area (Å²) >= 11 is 0. The number of primary amides is 1. The number of para-hydroxylation sites is 1. The molecule has 1 aliphatic heterocycles. The highest BCUT2D eigenvalue weighted by molar-refractivity contribution is 6.20. The SMILES string of the molecule is CCCC(C(N)=O)C(CC1CCCC1)C(=O)NC1N=C(c2ccccc2)c2ccccc2N(Cc2cccc(-c3ccc(OC)cc3)c2)C1=O. The number of amides is 3. The van der Waals surface area contributed by atoms with Crippen molar-refractivity contribution in [1.82, 2.24) is 5.32 Å². The first-order valence-corrected chi connectivity index (χ1v) is 17.7. The monoisotopic (exact) mass is 670 g/mol. The van der Waals surface area contributed by atoms with Gasteiger partial charge in [-0.05, 0) is 59.7 Å². The van der Waals surface area contributed by atoms with Crippen LogP contribution in [0.4, 0.5) is 5.69 Å². The van der Waals surface area contributed by atoms with E-state index in [0.717, 1.165) is 65.7 Å². The number of benzene rings is 4. The number of carbonyl (C=O) groups excluding carboxylic acids is 3. The third-order valence-corrected chi connectivity index (χ3v) is 10.1. The Balaban J connectivity index is 1.38. The van der Waals surface area contributed by atoms with Gasteiger partial charge in [-0.3, -0.25) is 14.4 Å². The van der Waals surface area contributed by atoms with Gasteiger partial charge in [0, 0.05) is 23.0 Å². The number of carbonyl (C=O) groups is 3. The molecule has 0 aromatic heterocycles. The molecule has 3 amide bonds. The number of aliphatic imine (C=N–C) groups is 1. The average Bonchev–Trinajstić information content (AvgIpc) is 3.64. The van der Waals surface area contributed by atoms with Crippen molar-refractivity contribution < 1.29 is 19.1 Å². The second-order valence-corrected chi connectivity index (χ2v) is 13.4. The first-order chi connectivity index (χ1) is 24.4. The van der Waals surface area contributed by atoms with E-state index in [2.05, 4.69) is 11.4 Å². The minimum atomic E-state index is -1.21. The Morgan fingerprint density at radius 2 is 1.58 bits per heavy atom. The van der Waals surface area contributed by atoms with Gasteiger partial charge >= 0.3 is 0 Å². The molecule has 4 aromatic rings. The number of fused-ring (bicyclic) bond motifs is 1. The molecule has 50 heavy (non-hydrogen) atoms. The molecule has 3 atom stereocenters. The summed E-state index contributed by atoms with van der Waals surface area (Å²) in [6, 6.07) is 33.4. The van der Waals surface area contributed by atoms with Gasteiger partial charge in [0.15, 0.2) is 0 Å². The van der Waals surface area contributed by atoms with Gasteiger partial charge in [0.1, 0.15) is 5.75 Å². The number of hydrogen-bond donors (Lipinski definition) is 2. The van der Waals surface area contributed by atoms with Crippen molar-refractivity contribution >= 4 is 29.1 Å². The van der Waals surface area contributed by atoms with Crippen LogP contribution in [-0.2, 0) is 20.9 Å². The van der Waals surface area contributed by atoms with Crippen LogP contribution in [0.2, 0.25) is 0 Å². The summed E-state index contributed by atoms with van der Waals surface area (Å²) < 4.78 is 5.34. The van der Waals surface area contributed by atoms with Crippen LogP contribution in [0, 0.1) is 17.8 Å². The highest BCUT2D eigenvalue weighted by atomic mass is 16.5. The van der Waals surface area contributed by atoms with Crippen LogP contribution in [-0.4, -0.2) is 36.7 Å². The van der Waals surface area contributed by atoms with Crippen molar-refractivity contribution in [2.24, 2.45) is 28.5 Å². The van der Waals surface area contributed by atoms with E-state index in [1.165, 1.54) is 0 Å². The van der Waals surface area contributed by atoms with Crippen LogP contribution in [0.25, 0.3) is 11.1 Å². The van der Waals surface area contributed by atoms with Gasteiger partial charge in [0.2, 0.25) is 18.0 Å². The van der Waals surface area contributed by atoms with E-state index in [-0.39, 0.29) is 18.4 Å². The third-order valence-electron chi connectivity index (χ3n) is 10.1. The van der Waals surface area contributed by atoms with Gasteiger partial charge < -0.3 is 20.7 Å². The number of nitrogens with two attached hydrogens (primary N) is 1. The molecule has 1 aliphatic carbocycles. The van der Waals surface area contributed by atoms with E-state index in [9.17, 15) is 14.4 Å². The van der Waals surface area contributed by atoms with E-state index in [4.69, 9.17) is 15.5 Å². The van der Waals surface area contributed by atoms with Crippen molar-refractivity contribution in [2.45, 2.75) is 64.6 Å². The lowest BCUT2D eigenvalue weighted by Gasteiger charge is -2.29. The summed E-state index contributed by atoms with van der Waals surface area (Å²) in [6.07, 6.45) is 4.88. The second-order valence-electron chi connectivity index (χ2n) is 13.4. The van der Waals surface area contributed by atoms with Crippen molar-refractivity contribution in [2.75, 3.05) is 12.0 Å². The molecule has 0 spiro atoms. The Bertz CT molecular complexity index is 1830. The minimum absolute atomic E-state index is 0.259. The summed E-state index contributed by atoms with van der Waals surface area (Å²) in [5, 5.41) is 3.04. The molecule has 258 valence electrons. The molecule has 1 fully saturated rings. The Morgan fingerprint density at radius 1 is 0.880 bits per heavy atom. The summed E-state index contributed by atoms with van der Waals surface area (Å²) in [5.74, 6) is -1.31. The Hall–Kier alpha value is -5.24. The fourth-order valence-electron chi connectivity index (χ4n) is 7.48. The van der Waals surface area contributed by atoms with Crippen LogP contribution in [0.5, 0.6) is 5.75 Å². The predicted octanol–water partition coefficient (Wildman–Crippen LogP) is 7.29. The molecule has 0 saturated heterocycles. The molecule has 2 aliphatic rings. The van der Waals surface area contributed by atoms with Crippen LogP contribution in [0.3, 0.4) is 0 Å². The number of methoxy groups -OCH3 is 1. The normalized spacial score (nSPS) is 17.3. The van der Waals surface area contributed by atoms with E-state index >= 15 is 0 Å². The van der Waals surface area contributed by atoms with E-state index in [1.54, 1.807) is 12.0 Å². The van der Waals surface area contributed by atoms with Crippen LogP contribution in [0.15, 0.2) is 108 Å². The molecular formula is C42H46N4O4. The van der Waals surface area contributed by atoms with Crippen LogP contribution in [0.1, 0.15) is 68.6 Å². The Labute approximate surface area is 294 Å². The summed E-state index contributed by atoms with van der Waals surface area (Å²) in [5.41, 5.74) is 11.8. The lowest BCUT2D eigenvalue weighted by molar-refractivity contribution is -0.136. The molecule has 8 nitrogen and oxygen atoms in total. The number of hydrogen-bond acceptors (Lipinski definition) is 5. The lowest BCUT2D eigenvalue weighted by Crippen LogP contribution is -2.50. The molecule has 0 radical (unpaired) electrons. The Morgan fingerprint density at radius 3 is 2.28 bits per heavy atom. The molecule has 3 N–H and O–H groups in total.